The van der Waals surface area contributed by atoms with Crippen molar-refractivity contribution in [1.29, 1.82) is 0 Å². The average Bonchev–Trinajstić information content (AvgIpc) is 3.05. The van der Waals surface area contributed by atoms with Gasteiger partial charge in [-0.3, -0.25) is 9.79 Å². The Morgan fingerprint density at radius 1 is 1.12 bits per heavy atom. The van der Waals surface area contributed by atoms with E-state index < -0.39 is 0 Å². The number of benzene rings is 2. The van der Waals surface area contributed by atoms with Crippen molar-refractivity contribution in [2.45, 2.75) is 32.9 Å². The summed E-state index contributed by atoms with van der Waals surface area (Å²) >= 11 is 0. The van der Waals surface area contributed by atoms with Crippen LogP contribution in [-0.2, 0) is 17.9 Å². The Hall–Kier alpha value is -2.09. The van der Waals surface area contributed by atoms with Gasteiger partial charge in [-0.2, -0.15) is 0 Å². The van der Waals surface area contributed by atoms with E-state index in [1.807, 2.05) is 48.2 Å². The van der Waals surface area contributed by atoms with Gasteiger partial charge in [-0.25, -0.2) is 0 Å². The Balaban J connectivity index is 0.00000243. The van der Waals surface area contributed by atoms with Crippen LogP contribution in [0.5, 0.6) is 0 Å². The molecule has 1 amide bonds. The van der Waals surface area contributed by atoms with Gasteiger partial charge in [-0.15, -0.1) is 24.0 Å². The summed E-state index contributed by atoms with van der Waals surface area (Å²) in [5.41, 5.74) is 10.5. The van der Waals surface area contributed by atoms with E-state index in [4.69, 9.17) is 5.73 Å². The molecule has 26 heavy (non-hydrogen) atoms. The number of hydrogen-bond acceptors (Lipinski definition) is 2. The van der Waals surface area contributed by atoms with Crippen LogP contribution in [0, 0.1) is 6.92 Å². The van der Waals surface area contributed by atoms with Crippen LogP contribution in [0.1, 0.15) is 29.5 Å². The summed E-state index contributed by atoms with van der Waals surface area (Å²) < 4.78 is 0. The number of carbonyl (C=O) groups is 1. The fraction of sp³-hybridized carbons (Fsp3) is 0.300. The minimum absolute atomic E-state index is 0. The van der Waals surface area contributed by atoms with Crippen molar-refractivity contribution >= 4 is 41.5 Å². The first kappa shape index (κ1) is 20.2. The monoisotopic (exact) mass is 464 g/mol. The van der Waals surface area contributed by atoms with Gasteiger partial charge in [0.15, 0.2) is 5.96 Å². The Morgan fingerprint density at radius 2 is 1.73 bits per heavy atom. The molecule has 0 atom stereocenters. The van der Waals surface area contributed by atoms with Crippen LogP contribution in [-0.4, -0.2) is 23.3 Å². The summed E-state index contributed by atoms with van der Waals surface area (Å²) in [6, 6.07) is 16.2. The highest BCUT2D eigenvalue weighted by Crippen LogP contribution is 2.22. The minimum atomic E-state index is 0. The van der Waals surface area contributed by atoms with Gasteiger partial charge in [0.2, 0.25) is 5.91 Å². The van der Waals surface area contributed by atoms with Crippen molar-refractivity contribution < 1.29 is 4.79 Å². The van der Waals surface area contributed by atoms with Gasteiger partial charge in [-0.05, 0) is 36.6 Å². The summed E-state index contributed by atoms with van der Waals surface area (Å²) in [4.78, 5) is 18.5. The average molecular weight is 464 g/mol. The molecule has 0 spiro atoms. The van der Waals surface area contributed by atoms with Crippen molar-refractivity contribution in [2.75, 3.05) is 11.9 Å². The number of hydrogen-bond donors (Lipinski definition) is 2. The van der Waals surface area contributed by atoms with E-state index in [9.17, 15) is 4.79 Å². The third kappa shape index (κ3) is 5.45. The molecule has 1 heterocycles. The van der Waals surface area contributed by atoms with E-state index >= 15 is 0 Å². The second-order valence-electron chi connectivity index (χ2n) is 6.38. The van der Waals surface area contributed by atoms with E-state index in [1.165, 1.54) is 16.7 Å². The van der Waals surface area contributed by atoms with Crippen LogP contribution in [0.4, 0.5) is 5.69 Å². The number of rotatable bonds is 5. The fourth-order valence-corrected chi connectivity index (χ4v) is 2.92. The number of aryl methyl sites for hydroxylation is 1. The molecule has 5 nitrogen and oxygen atoms in total. The summed E-state index contributed by atoms with van der Waals surface area (Å²) in [7, 11) is 0. The number of amides is 1. The Kier molecular flexibility index (Phi) is 7.44. The molecular weight excluding hydrogens is 439 g/mol. The molecule has 0 aliphatic carbocycles. The predicted octanol–water partition coefficient (Wildman–Crippen LogP) is 3.66. The molecule has 0 aromatic heterocycles. The molecule has 2 aromatic rings. The molecule has 6 heteroatoms. The molecule has 1 aliphatic rings. The molecule has 0 unspecified atom stereocenters. The van der Waals surface area contributed by atoms with Crippen LogP contribution >= 0.6 is 24.0 Å². The van der Waals surface area contributed by atoms with Crippen molar-refractivity contribution in [1.82, 2.24) is 4.90 Å². The zero-order chi connectivity index (χ0) is 17.6. The van der Waals surface area contributed by atoms with Crippen molar-refractivity contribution in [3.8, 4) is 0 Å². The number of halogens is 1. The Labute approximate surface area is 171 Å². The first-order chi connectivity index (χ1) is 12.1. The van der Waals surface area contributed by atoms with Gasteiger partial charge in [-0.1, -0.05) is 42.0 Å². The van der Waals surface area contributed by atoms with E-state index in [-0.39, 0.29) is 29.9 Å². The summed E-state index contributed by atoms with van der Waals surface area (Å²) in [6.45, 7) is 4.01. The largest absolute Gasteiger partial charge is 0.370 e. The van der Waals surface area contributed by atoms with Crippen LogP contribution in [0.2, 0.25) is 0 Å². The topological polar surface area (TPSA) is 70.7 Å². The van der Waals surface area contributed by atoms with Crippen molar-refractivity contribution in [2.24, 2.45) is 10.7 Å². The number of anilines is 1. The standard InChI is InChI=1S/C20H24N4O.HI/c1-15-8-10-18(11-9-15)23-20(21)22-12-4-7-19(25)24-13-16-5-2-3-6-17(16)14-24;/h2-3,5-6,8-11H,4,7,12-14H2,1H3,(H3,21,22,23);1H. The highest BCUT2D eigenvalue weighted by molar-refractivity contribution is 14.0. The molecule has 1 aliphatic heterocycles. The quantitative estimate of drug-likeness (QED) is 0.307. The number of aliphatic imine (C=N–C) groups is 1. The maximum absolute atomic E-state index is 12.3. The van der Waals surface area contributed by atoms with Crippen molar-refractivity contribution in [3.63, 3.8) is 0 Å². The van der Waals surface area contributed by atoms with Crippen molar-refractivity contribution in [3.05, 3.63) is 65.2 Å². The molecule has 0 radical (unpaired) electrons. The predicted molar refractivity (Wildman–Crippen MR) is 117 cm³/mol. The normalized spacial score (nSPS) is 13.1. The molecule has 0 saturated carbocycles. The van der Waals surface area contributed by atoms with E-state index in [1.54, 1.807) is 0 Å². The summed E-state index contributed by atoms with van der Waals surface area (Å²) in [6.07, 6.45) is 1.19. The third-order valence-corrected chi connectivity index (χ3v) is 4.35. The molecule has 3 rings (SSSR count). The van der Waals surface area contributed by atoms with Gasteiger partial charge in [0.25, 0.3) is 0 Å². The Bertz CT molecular complexity index is 749. The maximum Gasteiger partial charge on any atom is 0.223 e. The van der Waals surface area contributed by atoms with Gasteiger partial charge >= 0.3 is 0 Å². The first-order valence-corrected chi connectivity index (χ1v) is 8.60. The molecule has 3 N–H and O–H groups in total. The van der Waals surface area contributed by atoms with Gasteiger partial charge < -0.3 is 16.0 Å². The van der Waals surface area contributed by atoms with Crippen LogP contribution in [0.3, 0.4) is 0 Å². The second kappa shape index (κ2) is 9.56. The molecular formula is C20H25IN4O. The number of nitrogens with two attached hydrogens (primary N) is 1. The molecule has 0 fully saturated rings. The lowest BCUT2D eigenvalue weighted by Crippen LogP contribution is -2.25. The lowest BCUT2D eigenvalue weighted by Gasteiger charge is -2.14. The SMILES string of the molecule is Cc1ccc(NC(N)=NCCCC(=O)N2Cc3ccccc3C2)cc1.I. The highest BCUT2D eigenvalue weighted by atomic mass is 127. The number of guanidine groups is 1. The van der Waals surface area contributed by atoms with Crippen LogP contribution in [0.15, 0.2) is 53.5 Å². The van der Waals surface area contributed by atoms with Crippen LogP contribution < -0.4 is 11.1 Å². The van der Waals surface area contributed by atoms with E-state index in [0.717, 1.165) is 18.8 Å². The van der Waals surface area contributed by atoms with Gasteiger partial charge in [0, 0.05) is 31.7 Å². The summed E-state index contributed by atoms with van der Waals surface area (Å²) in [5.74, 6) is 0.557. The lowest BCUT2D eigenvalue weighted by atomic mass is 10.1. The van der Waals surface area contributed by atoms with E-state index in [0.29, 0.717) is 25.3 Å². The lowest BCUT2D eigenvalue weighted by molar-refractivity contribution is -0.131. The smallest absolute Gasteiger partial charge is 0.223 e. The molecule has 138 valence electrons. The second-order valence-corrected chi connectivity index (χ2v) is 6.38. The number of nitrogens with zero attached hydrogens (tertiary/aromatic N) is 2. The molecule has 0 bridgehead atoms. The number of fused-ring (bicyclic) bond motifs is 1. The third-order valence-electron chi connectivity index (χ3n) is 4.35. The fourth-order valence-electron chi connectivity index (χ4n) is 2.92. The van der Waals surface area contributed by atoms with Gasteiger partial charge in [0.1, 0.15) is 0 Å². The van der Waals surface area contributed by atoms with Crippen LogP contribution in [0.25, 0.3) is 0 Å². The highest BCUT2D eigenvalue weighted by Gasteiger charge is 2.21. The minimum Gasteiger partial charge on any atom is -0.370 e. The summed E-state index contributed by atoms with van der Waals surface area (Å²) in [5, 5.41) is 3.06. The van der Waals surface area contributed by atoms with Gasteiger partial charge in [0.05, 0.1) is 0 Å². The number of nitrogens with one attached hydrogen (secondary N) is 1. The zero-order valence-electron chi connectivity index (χ0n) is 14.9. The first-order valence-electron chi connectivity index (χ1n) is 8.60. The zero-order valence-corrected chi connectivity index (χ0v) is 17.3. The van der Waals surface area contributed by atoms with E-state index in [2.05, 4.69) is 22.4 Å². The maximum atomic E-state index is 12.3. The Morgan fingerprint density at radius 3 is 2.35 bits per heavy atom. The molecule has 0 saturated heterocycles. The molecule has 2 aromatic carbocycles. The number of carbonyl (C=O) groups excluding carboxylic acids is 1.